The minimum Gasteiger partial charge on any atom is -0.481 e. The summed E-state index contributed by atoms with van der Waals surface area (Å²) in [4.78, 5) is 25.8. The Balaban J connectivity index is 2.36. The van der Waals surface area contributed by atoms with E-state index in [9.17, 15) is 9.59 Å². The number of carbonyl (C=O) groups excluding carboxylic acids is 1. The molecule has 0 radical (unpaired) electrons. The van der Waals surface area contributed by atoms with E-state index < -0.39 is 5.97 Å². The van der Waals surface area contributed by atoms with Crippen LogP contribution < -0.4 is 0 Å². The highest BCUT2D eigenvalue weighted by Gasteiger charge is 2.16. The van der Waals surface area contributed by atoms with Crippen molar-refractivity contribution in [2.75, 3.05) is 6.54 Å². The van der Waals surface area contributed by atoms with Crippen LogP contribution in [0, 0.1) is 0 Å². The molecule has 0 saturated carbocycles. The minimum atomic E-state index is -0.811. The van der Waals surface area contributed by atoms with Crippen LogP contribution in [0.5, 0.6) is 0 Å². The molecule has 21 heavy (non-hydrogen) atoms. The molecule has 1 heterocycles. The summed E-state index contributed by atoms with van der Waals surface area (Å²) >= 11 is 5.13. The van der Waals surface area contributed by atoms with Crippen LogP contribution in [0.3, 0.4) is 0 Å². The molecule has 1 aromatic rings. The first-order chi connectivity index (χ1) is 9.90. The normalized spacial score (nSPS) is 10.9. The number of aryl methyl sites for hydroxylation is 1. The summed E-state index contributed by atoms with van der Waals surface area (Å²) in [6.07, 6.45) is 2.87. The number of carboxylic acids is 1. The second-order valence-corrected chi connectivity index (χ2v) is 7.79. The van der Waals surface area contributed by atoms with Gasteiger partial charge in [-0.05, 0) is 61.2 Å². The summed E-state index contributed by atoms with van der Waals surface area (Å²) in [5, 5.41) is 8.67. The first-order valence-corrected chi connectivity index (χ1v) is 8.76. The van der Waals surface area contributed by atoms with Crippen molar-refractivity contribution in [2.45, 2.75) is 52.0 Å². The van der Waals surface area contributed by atoms with Crippen LogP contribution in [0.2, 0.25) is 0 Å². The van der Waals surface area contributed by atoms with Gasteiger partial charge in [-0.2, -0.15) is 0 Å². The lowest BCUT2D eigenvalue weighted by atomic mass is 10.1. The summed E-state index contributed by atoms with van der Waals surface area (Å²) in [5.74, 6) is -0.694. The number of carbonyl (C=O) groups is 2. The van der Waals surface area contributed by atoms with Gasteiger partial charge in [-0.3, -0.25) is 9.59 Å². The third kappa shape index (κ3) is 7.09. The van der Waals surface area contributed by atoms with E-state index >= 15 is 0 Å². The van der Waals surface area contributed by atoms with Crippen LogP contribution in [0.15, 0.2) is 15.9 Å². The number of nitrogens with zero attached hydrogens (tertiary/aromatic N) is 1. The molecule has 0 aliphatic carbocycles. The number of halogens is 1. The molecule has 1 N–H and O–H groups in total. The molecule has 6 heteroatoms. The number of amides is 1. The number of thiophene rings is 1. The van der Waals surface area contributed by atoms with Crippen molar-refractivity contribution in [1.82, 2.24) is 4.90 Å². The Kier molecular flexibility index (Phi) is 7.96. The minimum absolute atomic E-state index is 0.111. The average Bonchev–Trinajstić information content (AvgIpc) is 2.79. The van der Waals surface area contributed by atoms with Gasteiger partial charge in [0.25, 0.3) is 0 Å². The Bertz CT molecular complexity index is 473. The smallest absolute Gasteiger partial charge is 0.303 e. The highest BCUT2D eigenvalue weighted by Crippen LogP contribution is 2.23. The van der Waals surface area contributed by atoms with Gasteiger partial charge >= 0.3 is 5.97 Å². The largest absolute Gasteiger partial charge is 0.481 e. The molecule has 0 aromatic carbocycles. The Morgan fingerprint density at radius 3 is 2.52 bits per heavy atom. The van der Waals surface area contributed by atoms with Gasteiger partial charge in [0.2, 0.25) is 5.91 Å². The topological polar surface area (TPSA) is 57.6 Å². The van der Waals surface area contributed by atoms with Crippen LogP contribution in [-0.4, -0.2) is 34.5 Å². The lowest BCUT2D eigenvalue weighted by molar-refractivity contribution is -0.138. The molecule has 4 nitrogen and oxygen atoms in total. The summed E-state index contributed by atoms with van der Waals surface area (Å²) < 4.78 is 1.11. The summed E-state index contributed by atoms with van der Waals surface area (Å²) in [5.41, 5.74) is 0. The summed E-state index contributed by atoms with van der Waals surface area (Å²) in [7, 11) is 0. The van der Waals surface area contributed by atoms with E-state index in [4.69, 9.17) is 5.11 Å². The first kappa shape index (κ1) is 18.2. The van der Waals surface area contributed by atoms with E-state index in [1.54, 1.807) is 16.2 Å². The molecule has 0 atom stereocenters. The predicted octanol–water partition coefficient (Wildman–Crippen LogP) is 3.94. The highest BCUT2D eigenvalue weighted by atomic mass is 79.9. The van der Waals surface area contributed by atoms with Crippen LogP contribution >= 0.6 is 27.3 Å². The monoisotopic (exact) mass is 375 g/mol. The number of hydrogen-bond donors (Lipinski definition) is 1. The van der Waals surface area contributed by atoms with E-state index in [1.807, 2.05) is 19.9 Å². The summed E-state index contributed by atoms with van der Waals surface area (Å²) in [6, 6.07) is 4.21. The number of carboxylic acid groups (broad SMARTS) is 1. The molecule has 0 aliphatic heterocycles. The van der Waals surface area contributed by atoms with Crippen LogP contribution in [-0.2, 0) is 16.0 Å². The van der Waals surface area contributed by atoms with Crippen molar-refractivity contribution < 1.29 is 14.7 Å². The van der Waals surface area contributed by atoms with E-state index in [2.05, 4.69) is 22.0 Å². The Hall–Kier alpha value is -0.880. The van der Waals surface area contributed by atoms with E-state index in [-0.39, 0.29) is 18.4 Å². The van der Waals surface area contributed by atoms with Gasteiger partial charge in [-0.15, -0.1) is 11.3 Å². The van der Waals surface area contributed by atoms with Crippen molar-refractivity contribution >= 4 is 39.1 Å². The van der Waals surface area contributed by atoms with Gasteiger partial charge < -0.3 is 10.0 Å². The molecular weight excluding hydrogens is 354 g/mol. The van der Waals surface area contributed by atoms with Gasteiger partial charge in [-0.25, -0.2) is 0 Å². The zero-order chi connectivity index (χ0) is 15.8. The van der Waals surface area contributed by atoms with E-state index in [0.29, 0.717) is 19.4 Å². The SMILES string of the molecule is CC(C)N(CCCC(=O)O)C(=O)CCCc1ccc(Br)s1. The lowest BCUT2D eigenvalue weighted by Gasteiger charge is -2.26. The fraction of sp³-hybridized carbons (Fsp3) is 0.600. The van der Waals surface area contributed by atoms with Crippen molar-refractivity contribution in [1.29, 1.82) is 0 Å². The zero-order valence-electron chi connectivity index (χ0n) is 12.5. The van der Waals surface area contributed by atoms with Crippen LogP contribution in [0.1, 0.15) is 44.4 Å². The van der Waals surface area contributed by atoms with Gasteiger partial charge in [0, 0.05) is 30.3 Å². The second-order valence-electron chi connectivity index (χ2n) is 5.24. The molecule has 1 aromatic heterocycles. The fourth-order valence-electron chi connectivity index (χ4n) is 2.12. The molecule has 1 rings (SSSR count). The van der Waals surface area contributed by atoms with Crippen molar-refractivity contribution in [3.8, 4) is 0 Å². The molecule has 0 bridgehead atoms. The average molecular weight is 376 g/mol. The second kappa shape index (κ2) is 9.20. The maximum Gasteiger partial charge on any atom is 0.303 e. The highest BCUT2D eigenvalue weighted by molar-refractivity contribution is 9.11. The standard InChI is InChI=1S/C15H22BrNO3S/c1-11(2)17(10-4-7-15(19)20)14(18)6-3-5-12-8-9-13(16)21-12/h8-9,11H,3-7,10H2,1-2H3,(H,19,20). The fourth-order valence-corrected chi connectivity index (χ4v) is 3.64. The molecule has 0 aliphatic rings. The molecule has 0 saturated heterocycles. The Labute approximate surface area is 138 Å². The van der Waals surface area contributed by atoms with Crippen molar-refractivity contribution in [2.24, 2.45) is 0 Å². The Morgan fingerprint density at radius 1 is 1.29 bits per heavy atom. The molecular formula is C15H22BrNO3S. The molecule has 0 fully saturated rings. The zero-order valence-corrected chi connectivity index (χ0v) is 14.9. The molecule has 1 amide bonds. The van der Waals surface area contributed by atoms with Gasteiger partial charge in [0.05, 0.1) is 3.79 Å². The number of aliphatic carboxylic acids is 1. The number of hydrogen-bond acceptors (Lipinski definition) is 3. The Morgan fingerprint density at radius 2 is 2.00 bits per heavy atom. The van der Waals surface area contributed by atoms with Crippen molar-refractivity contribution in [3.05, 3.63) is 20.8 Å². The first-order valence-electron chi connectivity index (χ1n) is 7.15. The van der Waals surface area contributed by atoms with E-state index in [0.717, 1.165) is 16.6 Å². The quantitative estimate of drug-likeness (QED) is 0.710. The van der Waals surface area contributed by atoms with Gasteiger partial charge in [-0.1, -0.05) is 0 Å². The third-order valence-electron chi connectivity index (χ3n) is 3.18. The molecule has 0 spiro atoms. The molecule has 118 valence electrons. The van der Waals surface area contributed by atoms with Crippen LogP contribution in [0.4, 0.5) is 0 Å². The van der Waals surface area contributed by atoms with Crippen molar-refractivity contribution in [3.63, 3.8) is 0 Å². The number of rotatable bonds is 9. The van der Waals surface area contributed by atoms with Crippen LogP contribution in [0.25, 0.3) is 0 Å². The van der Waals surface area contributed by atoms with Gasteiger partial charge in [0.1, 0.15) is 0 Å². The van der Waals surface area contributed by atoms with Gasteiger partial charge in [0.15, 0.2) is 0 Å². The van der Waals surface area contributed by atoms with E-state index in [1.165, 1.54) is 4.88 Å². The maximum atomic E-state index is 12.2. The third-order valence-corrected chi connectivity index (χ3v) is 4.86. The summed E-state index contributed by atoms with van der Waals surface area (Å²) in [6.45, 7) is 4.46. The predicted molar refractivity (Wildman–Crippen MR) is 88.7 cm³/mol. The lowest BCUT2D eigenvalue weighted by Crippen LogP contribution is -2.37. The molecule has 0 unspecified atom stereocenters. The maximum absolute atomic E-state index is 12.2.